The highest BCUT2D eigenvalue weighted by molar-refractivity contribution is 6.17. The van der Waals surface area contributed by atoms with Crippen molar-refractivity contribution in [1.82, 2.24) is 10.7 Å². The van der Waals surface area contributed by atoms with E-state index >= 15 is 0 Å². The quantitative estimate of drug-likeness (QED) is 0.122. The van der Waals surface area contributed by atoms with Gasteiger partial charge in [-0.2, -0.15) is 0 Å². The van der Waals surface area contributed by atoms with Crippen LogP contribution in [0.1, 0.15) is 30.7 Å². The molecule has 122 valence electrons. The van der Waals surface area contributed by atoms with Crippen molar-refractivity contribution in [3.05, 3.63) is 35.1 Å². The first-order valence-electron chi connectivity index (χ1n) is 6.47. The fourth-order valence-electron chi connectivity index (χ4n) is 1.93. The van der Waals surface area contributed by atoms with Gasteiger partial charge in [-0.1, -0.05) is 12.5 Å². The second-order valence-corrected chi connectivity index (χ2v) is 4.89. The fourth-order valence-corrected chi connectivity index (χ4v) is 2.12. The number of hydrazine groups is 1. The number of nitrogens with two attached hydrogens (primary N) is 1. The number of alkyl halides is 1. The molecule has 22 heavy (non-hydrogen) atoms. The third kappa shape index (κ3) is 4.60. The van der Waals surface area contributed by atoms with Crippen molar-refractivity contribution in [1.29, 1.82) is 5.41 Å². The van der Waals surface area contributed by atoms with E-state index in [1.54, 1.807) is 0 Å². The molecule has 1 atom stereocenters. The van der Waals surface area contributed by atoms with E-state index in [2.05, 4.69) is 5.32 Å². The van der Waals surface area contributed by atoms with E-state index in [-0.39, 0.29) is 12.0 Å². The van der Waals surface area contributed by atoms with Crippen LogP contribution in [0.25, 0.3) is 0 Å². The van der Waals surface area contributed by atoms with Crippen LogP contribution in [0, 0.1) is 22.9 Å². The smallest absolute Gasteiger partial charge is 0.234 e. The second kappa shape index (κ2) is 8.60. The van der Waals surface area contributed by atoms with Gasteiger partial charge >= 0.3 is 0 Å². The molecule has 1 aromatic carbocycles. The Kier molecular flexibility index (Phi) is 7.13. The van der Waals surface area contributed by atoms with Crippen LogP contribution in [0.5, 0.6) is 0 Å². The molecule has 1 aromatic rings. The lowest BCUT2D eigenvalue weighted by molar-refractivity contribution is -0.121. The molecule has 0 aromatic heterocycles. The van der Waals surface area contributed by atoms with Crippen LogP contribution in [0.3, 0.4) is 0 Å². The second-order valence-electron chi connectivity index (χ2n) is 4.51. The van der Waals surface area contributed by atoms with Gasteiger partial charge in [0, 0.05) is 11.4 Å². The highest BCUT2D eigenvalue weighted by Gasteiger charge is 2.26. The van der Waals surface area contributed by atoms with Gasteiger partial charge in [0.2, 0.25) is 11.9 Å². The summed E-state index contributed by atoms with van der Waals surface area (Å²) in [6, 6.07) is 1.76. The molecule has 0 aliphatic carbocycles. The Morgan fingerprint density at radius 2 is 1.95 bits per heavy atom. The van der Waals surface area contributed by atoms with Crippen LogP contribution in [-0.4, -0.2) is 17.7 Å². The number of hydrogen-bond acceptors (Lipinski definition) is 3. The first-order chi connectivity index (χ1) is 10.4. The van der Waals surface area contributed by atoms with E-state index in [9.17, 15) is 18.0 Å². The van der Waals surface area contributed by atoms with E-state index in [1.165, 1.54) is 0 Å². The predicted octanol–water partition coefficient (Wildman–Crippen LogP) is 2.11. The lowest BCUT2D eigenvalue weighted by atomic mass is 9.92. The molecule has 1 rings (SSSR count). The summed E-state index contributed by atoms with van der Waals surface area (Å²) < 4.78 is 40.2. The normalized spacial score (nSPS) is 11.9. The van der Waals surface area contributed by atoms with Gasteiger partial charge in [0.1, 0.15) is 0 Å². The Morgan fingerprint density at radius 3 is 2.55 bits per heavy atom. The predicted molar refractivity (Wildman–Crippen MR) is 76.8 cm³/mol. The van der Waals surface area contributed by atoms with Crippen molar-refractivity contribution in [2.24, 2.45) is 5.84 Å². The van der Waals surface area contributed by atoms with E-state index in [0.29, 0.717) is 18.7 Å². The van der Waals surface area contributed by atoms with Crippen molar-refractivity contribution in [2.45, 2.75) is 25.2 Å². The van der Waals surface area contributed by atoms with Gasteiger partial charge in [-0.25, -0.2) is 19.0 Å². The molecule has 9 heteroatoms. The zero-order chi connectivity index (χ0) is 16.7. The molecule has 0 radical (unpaired) electrons. The summed E-state index contributed by atoms with van der Waals surface area (Å²) in [5.74, 6) is -1.40. The largest absolute Gasteiger partial charge is 0.295 e. The van der Waals surface area contributed by atoms with Crippen LogP contribution in [-0.2, 0) is 4.79 Å². The van der Waals surface area contributed by atoms with Crippen molar-refractivity contribution >= 4 is 23.5 Å². The molecule has 0 bridgehead atoms. The van der Waals surface area contributed by atoms with Crippen molar-refractivity contribution in [2.75, 3.05) is 5.88 Å². The van der Waals surface area contributed by atoms with Gasteiger partial charge in [-0.05, 0) is 18.9 Å². The van der Waals surface area contributed by atoms with E-state index < -0.39 is 35.2 Å². The summed E-state index contributed by atoms with van der Waals surface area (Å²) in [5.41, 5.74) is 1.63. The highest BCUT2D eigenvalue weighted by Crippen LogP contribution is 2.27. The van der Waals surface area contributed by atoms with Crippen LogP contribution in [0.2, 0.25) is 0 Å². The third-order valence-electron chi connectivity index (χ3n) is 3.03. The van der Waals surface area contributed by atoms with Crippen molar-refractivity contribution < 1.29 is 18.0 Å². The molecule has 0 saturated carbocycles. The number of amides is 1. The maximum absolute atomic E-state index is 13.9. The Bertz CT molecular complexity index is 556. The van der Waals surface area contributed by atoms with E-state index in [4.69, 9.17) is 22.9 Å². The molecule has 0 saturated heterocycles. The van der Waals surface area contributed by atoms with Gasteiger partial charge < -0.3 is 0 Å². The fraction of sp³-hybridized carbons (Fsp3) is 0.385. The zero-order valence-corrected chi connectivity index (χ0v) is 12.3. The summed E-state index contributed by atoms with van der Waals surface area (Å²) in [6.45, 7) is 0. The van der Waals surface area contributed by atoms with Gasteiger partial charge in [0.15, 0.2) is 17.5 Å². The number of guanidine groups is 1. The topological polar surface area (TPSA) is 91.0 Å². The van der Waals surface area contributed by atoms with Crippen LogP contribution >= 0.6 is 11.6 Å². The molecule has 0 aliphatic rings. The molecule has 0 heterocycles. The summed E-state index contributed by atoms with van der Waals surface area (Å²) >= 11 is 5.55. The van der Waals surface area contributed by atoms with E-state index in [0.717, 1.165) is 12.1 Å². The number of hydrogen-bond donors (Lipinski definition) is 4. The average molecular weight is 337 g/mol. The van der Waals surface area contributed by atoms with Gasteiger partial charge in [0.05, 0.1) is 5.92 Å². The number of nitrogens with one attached hydrogen (secondary N) is 3. The maximum Gasteiger partial charge on any atom is 0.234 e. The van der Waals surface area contributed by atoms with Gasteiger partial charge in [-0.3, -0.25) is 20.9 Å². The Hall–Kier alpha value is -1.80. The molecule has 5 nitrogen and oxygen atoms in total. The van der Waals surface area contributed by atoms with Gasteiger partial charge in [0.25, 0.3) is 0 Å². The molecule has 0 aliphatic heterocycles. The Balaban J connectivity index is 3.06. The standard InChI is InChI=1S/C13H16ClF3N4O/c14-6-2-1-3-8(12(22)20-13(18)21-19)7-4-5-9(15)11(17)10(7)16/h4-5,8H,1-3,6,19H2,(H3,18,20,21,22). The minimum absolute atomic E-state index is 0.165. The first kappa shape index (κ1) is 18.2. The lowest BCUT2D eigenvalue weighted by Crippen LogP contribution is -2.45. The van der Waals surface area contributed by atoms with Crippen LogP contribution in [0.4, 0.5) is 13.2 Å². The Labute approximate surface area is 130 Å². The van der Waals surface area contributed by atoms with Crippen LogP contribution < -0.4 is 16.6 Å². The molecular weight excluding hydrogens is 321 g/mol. The summed E-state index contributed by atoms with van der Waals surface area (Å²) in [6.07, 6.45) is 1.21. The summed E-state index contributed by atoms with van der Waals surface area (Å²) in [4.78, 5) is 12.1. The number of rotatable bonds is 6. The number of carbonyl (C=O) groups is 1. The average Bonchev–Trinajstić information content (AvgIpc) is 2.50. The summed E-state index contributed by atoms with van der Waals surface area (Å²) in [5, 5.41) is 9.36. The molecule has 5 N–H and O–H groups in total. The zero-order valence-electron chi connectivity index (χ0n) is 11.6. The van der Waals surface area contributed by atoms with E-state index in [1.807, 2.05) is 5.43 Å². The van der Waals surface area contributed by atoms with Crippen molar-refractivity contribution in [3.63, 3.8) is 0 Å². The maximum atomic E-state index is 13.9. The SMILES string of the molecule is N=C(NN)NC(=O)C(CCCCCl)c1ccc(F)c(F)c1F. The summed E-state index contributed by atoms with van der Waals surface area (Å²) in [7, 11) is 0. The molecular formula is C13H16ClF3N4O. The minimum Gasteiger partial charge on any atom is -0.295 e. The molecule has 0 fully saturated rings. The minimum atomic E-state index is -1.64. The highest BCUT2D eigenvalue weighted by atomic mass is 35.5. The molecule has 1 amide bonds. The molecule has 1 unspecified atom stereocenters. The monoisotopic (exact) mass is 336 g/mol. The lowest BCUT2D eigenvalue weighted by Gasteiger charge is -2.18. The first-order valence-corrected chi connectivity index (χ1v) is 7.01. The number of benzene rings is 1. The third-order valence-corrected chi connectivity index (χ3v) is 3.29. The van der Waals surface area contributed by atoms with Crippen LogP contribution in [0.15, 0.2) is 12.1 Å². The number of halogens is 4. The molecule has 0 spiro atoms. The van der Waals surface area contributed by atoms with Crippen molar-refractivity contribution in [3.8, 4) is 0 Å². The number of unbranched alkanes of at least 4 members (excludes halogenated alkanes) is 1. The number of carbonyl (C=O) groups excluding carboxylic acids is 1. The van der Waals surface area contributed by atoms with Gasteiger partial charge in [-0.15, -0.1) is 11.6 Å². The Morgan fingerprint density at radius 1 is 1.27 bits per heavy atom.